The maximum atomic E-state index is 5.42. The average Bonchev–Trinajstić information content (AvgIpc) is 2.40. The fourth-order valence-electron chi connectivity index (χ4n) is 1.71. The largest absolute Gasteiger partial charge is 0.497 e. The molecule has 0 unspecified atom stereocenters. The van der Waals surface area contributed by atoms with Crippen LogP contribution in [0, 0.1) is 0 Å². The molecule has 17 heavy (non-hydrogen) atoms. The zero-order chi connectivity index (χ0) is 12.1. The lowest BCUT2D eigenvalue weighted by Crippen LogP contribution is -1.90. The minimum Gasteiger partial charge on any atom is -0.497 e. The molecule has 0 radical (unpaired) electrons. The smallest absolute Gasteiger partial charge is 0.119 e. The number of hydrogen-bond acceptors (Lipinski definition) is 2. The molecule has 0 aliphatic carbocycles. The number of methoxy groups -OCH3 is 1. The summed E-state index contributed by atoms with van der Waals surface area (Å²) < 4.78 is 10.6. The lowest BCUT2D eigenvalue weighted by molar-refractivity contribution is 0.340. The van der Waals surface area contributed by atoms with Crippen molar-refractivity contribution >= 4 is 0 Å². The van der Waals surface area contributed by atoms with Gasteiger partial charge in [-0.3, -0.25) is 0 Å². The Labute approximate surface area is 102 Å². The van der Waals surface area contributed by atoms with E-state index in [1.165, 1.54) is 0 Å². The van der Waals surface area contributed by atoms with Gasteiger partial charge in [0.25, 0.3) is 0 Å². The van der Waals surface area contributed by atoms with Crippen molar-refractivity contribution in [2.45, 2.75) is 6.92 Å². The normalized spacial score (nSPS) is 10.0. The van der Waals surface area contributed by atoms with E-state index >= 15 is 0 Å². The van der Waals surface area contributed by atoms with E-state index in [2.05, 4.69) is 18.2 Å². The van der Waals surface area contributed by atoms with E-state index in [-0.39, 0.29) is 0 Å². The first kappa shape index (κ1) is 11.5. The van der Waals surface area contributed by atoms with Crippen molar-refractivity contribution in [3.05, 3.63) is 48.5 Å². The van der Waals surface area contributed by atoms with Crippen LogP contribution in [-0.2, 0) is 0 Å². The molecule has 0 aromatic heterocycles. The number of ether oxygens (including phenoxy) is 2. The monoisotopic (exact) mass is 228 g/mol. The van der Waals surface area contributed by atoms with Crippen LogP contribution in [-0.4, -0.2) is 13.7 Å². The molecule has 0 fully saturated rings. The SMILES string of the molecule is CCOc1ccc(-c2cccc(OC)c2)cc1. The molecule has 0 saturated heterocycles. The Balaban J connectivity index is 2.26. The van der Waals surface area contributed by atoms with Gasteiger partial charge in [0.1, 0.15) is 11.5 Å². The van der Waals surface area contributed by atoms with E-state index in [4.69, 9.17) is 9.47 Å². The second-order valence-corrected chi connectivity index (χ2v) is 3.69. The van der Waals surface area contributed by atoms with Crippen LogP contribution >= 0.6 is 0 Å². The summed E-state index contributed by atoms with van der Waals surface area (Å²) in [4.78, 5) is 0. The summed E-state index contributed by atoms with van der Waals surface area (Å²) in [5.74, 6) is 1.77. The zero-order valence-corrected chi connectivity index (χ0v) is 10.1. The van der Waals surface area contributed by atoms with Gasteiger partial charge in [-0.15, -0.1) is 0 Å². The summed E-state index contributed by atoms with van der Waals surface area (Å²) in [6.07, 6.45) is 0. The van der Waals surface area contributed by atoms with Crippen LogP contribution in [0.4, 0.5) is 0 Å². The van der Waals surface area contributed by atoms with Gasteiger partial charge in [0, 0.05) is 0 Å². The summed E-state index contributed by atoms with van der Waals surface area (Å²) in [5, 5.41) is 0. The van der Waals surface area contributed by atoms with Crippen LogP contribution in [0.3, 0.4) is 0 Å². The van der Waals surface area contributed by atoms with Crippen LogP contribution in [0.2, 0.25) is 0 Å². The predicted molar refractivity (Wildman–Crippen MR) is 69.6 cm³/mol. The number of benzene rings is 2. The van der Waals surface area contributed by atoms with Gasteiger partial charge in [-0.1, -0.05) is 24.3 Å². The van der Waals surface area contributed by atoms with Gasteiger partial charge in [0.15, 0.2) is 0 Å². The van der Waals surface area contributed by atoms with Gasteiger partial charge in [-0.25, -0.2) is 0 Å². The summed E-state index contributed by atoms with van der Waals surface area (Å²) >= 11 is 0. The van der Waals surface area contributed by atoms with Crippen LogP contribution in [0.1, 0.15) is 6.92 Å². The molecule has 0 aliphatic rings. The van der Waals surface area contributed by atoms with Crippen molar-refractivity contribution in [1.82, 2.24) is 0 Å². The highest BCUT2D eigenvalue weighted by molar-refractivity contribution is 5.65. The van der Waals surface area contributed by atoms with Crippen LogP contribution in [0.5, 0.6) is 11.5 Å². The topological polar surface area (TPSA) is 18.5 Å². The quantitative estimate of drug-likeness (QED) is 0.793. The standard InChI is InChI=1S/C15H16O2/c1-3-17-14-9-7-12(8-10-14)13-5-4-6-15(11-13)16-2/h4-11H,3H2,1-2H3. The molecule has 2 aromatic rings. The Morgan fingerprint density at radius 3 is 2.29 bits per heavy atom. The fraction of sp³-hybridized carbons (Fsp3) is 0.200. The maximum Gasteiger partial charge on any atom is 0.119 e. The molecular weight excluding hydrogens is 212 g/mol. The molecule has 0 heterocycles. The molecular formula is C15H16O2. The van der Waals surface area contributed by atoms with Crippen LogP contribution < -0.4 is 9.47 Å². The fourth-order valence-corrected chi connectivity index (χ4v) is 1.71. The average molecular weight is 228 g/mol. The first-order chi connectivity index (χ1) is 8.33. The summed E-state index contributed by atoms with van der Waals surface area (Å²) in [5.41, 5.74) is 2.31. The first-order valence-corrected chi connectivity index (χ1v) is 5.71. The summed E-state index contributed by atoms with van der Waals surface area (Å²) in [6.45, 7) is 2.68. The molecule has 0 atom stereocenters. The highest BCUT2D eigenvalue weighted by atomic mass is 16.5. The Morgan fingerprint density at radius 2 is 1.65 bits per heavy atom. The second kappa shape index (κ2) is 5.39. The van der Waals surface area contributed by atoms with Crippen molar-refractivity contribution in [1.29, 1.82) is 0 Å². The molecule has 2 aromatic carbocycles. The van der Waals surface area contributed by atoms with Gasteiger partial charge in [-0.2, -0.15) is 0 Å². The minimum absolute atomic E-state index is 0.693. The summed E-state index contributed by atoms with van der Waals surface area (Å²) in [7, 11) is 1.68. The van der Waals surface area contributed by atoms with Gasteiger partial charge in [0.2, 0.25) is 0 Å². The van der Waals surface area contributed by atoms with Crippen molar-refractivity contribution in [2.75, 3.05) is 13.7 Å². The van der Waals surface area contributed by atoms with E-state index in [9.17, 15) is 0 Å². The van der Waals surface area contributed by atoms with Gasteiger partial charge in [0.05, 0.1) is 13.7 Å². The first-order valence-electron chi connectivity index (χ1n) is 5.71. The van der Waals surface area contributed by atoms with Crippen molar-refractivity contribution in [3.8, 4) is 22.6 Å². The molecule has 88 valence electrons. The minimum atomic E-state index is 0.693. The Morgan fingerprint density at radius 1 is 0.882 bits per heavy atom. The Bertz CT molecular complexity index is 475. The third-order valence-corrected chi connectivity index (χ3v) is 2.57. The lowest BCUT2D eigenvalue weighted by atomic mass is 10.1. The third-order valence-electron chi connectivity index (χ3n) is 2.57. The van der Waals surface area contributed by atoms with E-state index < -0.39 is 0 Å². The molecule has 2 nitrogen and oxygen atoms in total. The van der Waals surface area contributed by atoms with E-state index in [1.807, 2.05) is 37.3 Å². The lowest BCUT2D eigenvalue weighted by Gasteiger charge is -2.06. The molecule has 0 N–H and O–H groups in total. The predicted octanol–water partition coefficient (Wildman–Crippen LogP) is 3.76. The maximum absolute atomic E-state index is 5.42. The Hall–Kier alpha value is -1.96. The molecule has 0 aliphatic heterocycles. The van der Waals surface area contributed by atoms with Crippen molar-refractivity contribution in [3.63, 3.8) is 0 Å². The zero-order valence-electron chi connectivity index (χ0n) is 10.1. The molecule has 2 heteroatoms. The highest BCUT2D eigenvalue weighted by Gasteiger charge is 2.00. The van der Waals surface area contributed by atoms with Gasteiger partial charge in [-0.05, 0) is 42.3 Å². The highest BCUT2D eigenvalue weighted by Crippen LogP contribution is 2.25. The third kappa shape index (κ3) is 2.78. The number of rotatable bonds is 4. The molecule has 0 spiro atoms. The van der Waals surface area contributed by atoms with Crippen molar-refractivity contribution < 1.29 is 9.47 Å². The molecule has 0 saturated carbocycles. The molecule has 0 amide bonds. The van der Waals surface area contributed by atoms with E-state index in [0.717, 1.165) is 22.6 Å². The Kier molecular flexibility index (Phi) is 3.66. The second-order valence-electron chi connectivity index (χ2n) is 3.69. The van der Waals surface area contributed by atoms with Crippen LogP contribution in [0.25, 0.3) is 11.1 Å². The van der Waals surface area contributed by atoms with Crippen molar-refractivity contribution in [2.24, 2.45) is 0 Å². The summed E-state index contributed by atoms with van der Waals surface area (Å²) in [6, 6.07) is 16.1. The van der Waals surface area contributed by atoms with Crippen LogP contribution in [0.15, 0.2) is 48.5 Å². The van der Waals surface area contributed by atoms with Gasteiger partial charge >= 0.3 is 0 Å². The van der Waals surface area contributed by atoms with E-state index in [1.54, 1.807) is 7.11 Å². The van der Waals surface area contributed by atoms with Gasteiger partial charge < -0.3 is 9.47 Å². The molecule has 2 rings (SSSR count). The number of hydrogen-bond donors (Lipinski definition) is 0. The van der Waals surface area contributed by atoms with E-state index in [0.29, 0.717) is 6.61 Å². The molecule has 0 bridgehead atoms.